The zero-order valence-electron chi connectivity index (χ0n) is 9.85. The van der Waals surface area contributed by atoms with Crippen LogP contribution in [0, 0.1) is 0 Å². The maximum Gasteiger partial charge on any atom is 0.315 e. The van der Waals surface area contributed by atoms with Gasteiger partial charge >= 0.3 is 6.03 Å². The van der Waals surface area contributed by atoms with Crippen LogP contribution >= 0.6 is 0 Å². The largest absolute Gasteiger partial charge is 0.338 e. The van der Waals surface area contributed by atoms with Crippen LogP contribution in [0.4, 0.5) is 4.79 Å². The molecule has 2 amide bonds. The van der Waals surface area contributed by atoms with E-state index in [9.17, 15) is 4.79 Å². The van der Waals surface area contributed by atoms with Crippen LogP contribution in [0.15, 0.2) is 0 Å². The molecule has 0 spiro atoms. The van der Waals surface area contributed by atoms with Crippen LogP contribution in [0.3, 0.4) is 0 Å². The standard InChI is InChI=1S/C12H24N2O/c1-2-3-4-5-6-7-10-13-12(15)14-11-8-9-11/h11H,2-10H2,1H3,(H2,13,14,15). The summed E-state index contributed by atoms with van der Waals surface area (Å²) in [4.78, 5) is 11.2. The van der Waals surface area contributed by atoms with Gasteiger partial charge in [0.1, 0.15) is 0 Å². The molecule has 88 valence electrons. The molecular formula is C12H24N2O. The lowest BCUT2D eigenvalue weighted by atomic mass is 10.1. The number of carbonyl (C=O) groups is 1. The Labute approximate surface area is 93.0 Å². The van der Waals surface area contributed by atoms with E-state index in [2.05, 4.69) is 17.6 Å². The van der Waals surface area contributed by atoms with Gasteiger partial charge < -0.3 is 10.6 Å². The van der Waals surface area contributed by atoms with E-state index in [0.717, 1.165) is 25.8 Å². The summed E-state index contributed by atoms with van der Waals surface area (Å²) in [6, 6.07) is 0.487. The number of amides is 2. The first-order chi connectivity index (χ1) is 7.33. The van der Waals surface area contributed by atoms with Crippen molar-refractivity contribution in [3.63, 3.8) is 0 Å². The van der Waals surface area contributed by atoms with Crippen LogP contribution in [-0.2, 0) is 0 Å². The summed E-state index contributed by atoms with van der Waals surface area (Å²) < 4.78 is 0. The van der Waals surface area contributed by atoms with Crippen molar-refractivity contribution < 1.29 is 4.79 Å². The fraction of sp³-hybridized carbons (Fsp3) is 0.917. The Morgan fingerprint density at radius 3 is 2.47 bits per heavy atom. The third kappa shape index (κ3) is 7.23. The highest BCUT2D eigenvalue weighted by molar-refractivity contribution is 5.74. The Morgan fingerprint density at radius 1 is 1.13 bits per heavy atom. The summed E-state index contributed by atoms with van der Waals surface area (Å²) in [5.74, 6) is 0. The first kappa shape index (κ1) is 12.3. The minimum absolute atomic E-state index is 0.0195. The minimum Gasteiger partial charge on any atom is -0.338 e. The van der Waals surface area contributed by atoms with Gasteiger partial charge in [-0.15, -0.1) is 0 Å². The SMILES string of the molecule is CCCCCCCCNC(=O)NC1CC1. The molecule has 15 heavy (non-hydrogen) atoms. The molecule has 0 aliphatic heterocycles. The van der Waals surface area contributed by atoms with E-state index in [4.69, 9.17) is 0 Å². The Balaban J connectivity index is 1.77. The molecule has 0 saturated heterocycles. The van der Waals surface area contributed by atoms with E-state index in [-0.39, 0.29) is 6.03 Å². The molecule has 0 atom stereocenters. The topological polar surface area (TPSA) is 41.1 Å². The third-order valence-electron chi connectivity index (χ3n) is 2.73. The summed E-state index contributed by atoms with van der Waals surface area (Å²) in [6.07, 6.45) is 9.95. The minimum atomic E-state index is 0.0195. The van der Waals surface area contributed by atoms with Crippen molar-refractivity contribution in [3.8, 4) is 0 Å². The van der Waals surface area contributed by atoms with Gasteiger partial charge in [0.2, 0.25) is 0 Å². The number of carbonyl (C=O) groups excluding carboxylic acids is 1. The summed E-state index contributed by atoms with van der Waals surface area (Å²) in [5.41, 5.74) is 0. The molecule has 2 N–H and O–H groups in total. The second-order valence-electron chi connectivity index (χ2n) is 4.44. The lowest BCUT2D eigenvalue weighted by molar-refractivity contribution is 0.240. The van der Waals surface area contributed by atoms with Gasteiger partial charge in [0.05, 0.1) is 0 Å². The fourth-order valence-electron chi connectivity index (χ4n) is 1.57. The molecular weight excluding hydrogens is 188 g/mol. The van der Waals surface area contributed by atoms with Crippen LogP contribution in [0.2, 0.25) is 0 Å². The number of rotatable bonds is 8. The fourth-order valence-corrected chi connectivity index (χ4v) is 1.57. The number of urea groups is 1. The van der Waals surface area contributed by atoms with Gasteiger partial charge in [-0.2, -0.15) is 0 Å². The van der Waals surface area contributed by atoms with Crippen molar-refractivity contribution in [2.24, 2.45) is 0 Å². The van der Waals surface area contributed by atoms with Crippen molar-refractivity contribution in [1.82, 2.24) is 10.6 Å². The van der Waals surface area contributed by atoms with Crippen LogP contribution in [-0.4, -0.2) is 18.6 Å². The summed E-state index contributed by atoms with van der Waals surface area (Å²) in [6.45, 7) is 3.05. The lowest BCUT2D eigenvalue weighted by Crippen LogP contribution is -2.37. The molecule has 0 bridgehead atoms. The van der Waals surface area contributed by atoms with Crippen molar-refractivity contribution in [1.29, 1.82) is 0 Å². The normalized spacial score (nSPS) is 15.0. The monoisotopic (exact) mass is 212 g/mol. The highest BCUT2D eigenvalue weighted by atomic mass is 16.2. The van der Waals surface area contributed by atoms with Crippen LogP contribution in [0.25, 0.3) is 0 Å². The molecule has 3 nitrogen and oxygen atoms in total. The lowest BCUT2D eigenvalue weighted by Gasteiger charge is -2.06. The quantitative estimate of drug-likeness (QED) is 0.597. The summed E-state index contributed by atoms with van der Waals surface area (Å²) in [5, 5.41) is 5.81. The zero-order chi connectivity index (χ0) is 10.9. The number of unbranched alkanes of at least 4 members (excludes halogenated alkanes) is 5. The van der Waals surface area contributed by atoms with E-state index in [1.165, 1.54) is 32.1 Å². The van der Waals surface area contributed by atoms with Gasteiger partial charge in [0.25, 0.3) is 0 Å². The number of hydrogen-bond donors (Lipinski definition) is 2. The molecule has 1 fully saturated rings. The van der Waals surface area contributed by atoms with Crippen molar-refractivity contribution >= 4 is 6.03 Å². The van der Waals surface area contributed by atoms with Gasteiger partial charge in [-0.3, -0.25) is 0 Å². The van der Waals surface area contributed by atoms with E-state index >= 15 is 0 Å². The van der Waals surface area contributed by atoms with Gasteiger partial charge in [-0.1, -0.05) is 39.0 Å². The van der Waals surface area contributed by atoms with Crippen molar-refractivity contribution in [2.75, 3.05) is 6.54 Å². The Kier molecular flexibility index (Phi) is 6.21. The molecule has 1 rings (SSSR count). The van der Waals surface area contributed by atoms with E-state index < -0.39 is 0 Å². The molecule has 0 aromatic carbocycles. The average Bonchev–Trinajstić information content (AvgIpc) is 3.00. The van der Waals surface area contributed by atoms with E-state index in [0.29, 0.717) is 6.04 Å². The van der Waals surface area contributed by atoms with Gasteiger partial charge in [-0.05, 0) is 19.3 Å². The first-order valence-electron chi connectivity index (χ1n) is 6.37. The predicted molar refractivity (Wildman–Crippen MR) is 62.9 cm³/mol. The van der Waals surface area contributed by atoms with Crippen molar-refractivity contribution in [2.45, 2.75) is 64.3 Å². The Bertz CT molecular complexity index is 178. The second-order valence-corrected chi connectivity index (χ2v) is 4.44. The molecule has 1 aliphatic rings. The zero-order valence-corrected chi connectivity index (χ0v) is 9.85. The maximum absolute atomic E-state index is 11.2. The smallest absolute Gasteiger partial charge is 0.315 e. The first-order valence-corrected chi connectivity index (χ1v) is 6.37. The molecule has 0 heterocycles. The van der Waals surface area contributed by atoms with Gasteiger partial charge in [0, 0.05) is 12.6 Å². The Hall–Kier alpha value is -0.730. The predicted octanol–water partition coefficient (Wildman–Crippen LogP) is 2.81. The molecule has 3 heteroatoms. The van der Waals surface area contributed by atoms with Crippen molar-refractivity contribution in [3.05, 3.63) is 0 Å². The Morgan fingerprint density at radius 2 is 1.80 bits per heavy atom. The average molecular weight is 212 g/mol. The van der Waals surface area contributed by atoms with Crippen LogP contribution in [0.1, 0.15) is 58.3 Å². The molecule has 0 aromatic heterocycles. The third-order valence-corrected chi connectivity index (χ3v) is 2.73. The molecule has 0 aromatic rings. The number of nitrogens with one attached hydrogen (secondary N) is 2. The molecule has 0 radical (unpaired) electrons. The van der Waals surface area contributed by atoms with Crippen LogP contribution < -0.4 is 10.6 Å². The van der Waals surface area contributed by atoms with Gasteiger partial charge in [0.15, 0.2) is 0 Å². The molecule has 1 aliphatic carbocycles. The summed E-state index contributed by atoms with van der Waals surface area (Å²) >= 11 is 0. The maximum atomic E-state index is 11.2. The molecule has 0 unspecified atom stereocenters. The highest BCUT2D eigenvalue weighted by Crippen LogP contribution is 2.18. The van der Waals surface area contributed by atoms with Gasteiger partial charge in [-0.25, -0.2) is 4.79 Å². The van der Waals surface area contributed by atoms with Crippen LogP contribution in [0.5, 0.6) is 0 Å². The molecule has 1 saturated carbocycles. The second kappa shape index (κ2) is 7.55. The number of hydrogen-bond acceptors (Lipinski definition) is 1. The summed E-state index contributed by atoms with van der Waals surface area (Å²) in [7, 11) is 0. The van der Waals surface area contributed by atoms with E-state index in [1.54, 1.807) is 0 Å². The van der Waals surface area contributed by atoms with E-state index in [1.807, 2.05) is 0 Å². The highest BCUT2D eigenvalue weighted by Gasteiger charge is 2.22.